The van der Waals surface area contributed by atoms with E-state index in [1.54, 1.807) is 0 Å². The lowest BCUT2D eigenvalue weighted by Gasteiger charge is -2.14. The molecule has 1 heterocycles. The Kier molecular flexibility index (Phi) is 4.21. The first kappa shape index (κ1) is 12.6. The van der Waals surface area contributed by atoms with Gasteiger partial charge in [-0.05, 0) is 24.7 Å². The summed E-state index contributed by atoms with van der Waals surface area (Å²) < 4.78 is 0. The van der Waals surface area contributed by atoms with E-state index >= 15 is 0 Å². The number of halogens is 1. The van der Waals surface area contributed by atoms with Gasteiger partial charge in [0.15, 0.2) is 0 Å². The molecule has 4 heteroatoms. The van der Waals surface area contributed by atoms with Gasteiger partial charge in [-0.15, -0.1) is 0 Å². The van der Waals surface area contributed by atoms with Crippen LogP contribution < -0.4 is 5.32 Å². The molecule has 1 aromatic rings. The largest absolute Gasteiger partial charge is 0.370 e. The van der Waals surface area contributed by atoms with E-state index in [1.165, 1.54) is 32.0 Å². The van der Waals surface area contributed by atoms with Crippen molar-refractivity contribution in [3.8, 4) is 0 Å². The van der Waals surface area contributed by atoms with Gasteiger partial charge in [0.1, 0.15) is 17.3 Å². The molecule has 1 aromatic heterocycles. The minimum absolute atomic E-state index is 0.342. The molecule has 1 fully saturated rings. The molecular formula is C13H20ClN3. The normalized spacial score (nSPS) is 15.3. The Hall–Kier alpha value is -0.830. The summed E-state index contributed by atoms with van der Waals surface area (Å²) in [5.74, 6) is 2.24. The molecular weight excluding hydrogens is 234 g/mol. The van der Waals surface area contributed by atoms with Gasteiger partial charge in [-0.25, -0.2) is 9.97 Å². The van der Waals surface area contributed by atoms with Crippen LogP contribution in [0.1, 0.15) is 51.0 Å². The van der Waals surface area contributed by atoms with E-state index < -0.39 is 0 Å². The van der Waals surface area contributed by atoms with Crippen molar-refractivity contribution in [1.82, 2.24) is 9.97 Å². The van der Waals surface area contributed by atoms with Crippen LogP contribution in [-0.2, 0) is 0 Å². The first-order chi connectivity index (χ1) is 8.18. The molecule has 0 atom stereocenters. The third-order valence-electron chi connectivity index (χ3n) is 3.19. The van der Waals surface area contributed by atoms with E-state index in [9.17, 15) is 0 Å². The molecule has 0 aromatic carbocycles. The summed E-state index contributed by atoms with van der Waals surface area (Å²) in [6.45, 7) is 5.20. The fraction of sp³-hybridized carbons (Fsp3) is 0.692. The van der Waals surface area contributed by atoms with Gasteiger partial charge in [0.2, 0.25) is 0 Å². The van der Waals surface area contributed by atoms with Gasteiger partial charge in [0.25, 0.3) is 0 Å². The Morgan fingerprint density at radius 1 is 1.41 bits per heavy atom. The van der Waals surface area contributed by atoms with Gasteiger partial charge in [0, 0.05) is 12.1 Å². The summed E-state index contributed by atoms with van der Waals surface area (Å²) in [4.78, 5) is 8.33. The Labute approximate surface area is 108 Å². The van der Waals surface area contributed by atoms with Crippen LogP contribution in [0.4, 0.5) is 5.82 Å². The third kappa shape index (κ3) is 3.56. The summed E-state index contributed by atoms with van der Waals surface area (Å²) >= 11 is 6.11. The van der Waals surface area contributed by atoms with Crippen LogP contribution in [-0.4, -0.2) is 16.5 Å². The maximum atomic E-state index is 6.11. The first-order valence-corrected chi connectivity index (χ1v) is 6.80. The van der Waals surface area contributed by atoms with Crippen molar-refractivity contribution in [3.05, 3.63) is 17.0 Å². The van der Waals surface area contributed by atoms with Crippen LogP contribution in [0.5, 0.6) is 0 Å². The molecule has 2 rings (SSSR count). The highest BCUT2D eigenvalue weighted by molar-refractivity contribution is 6.30. The molecule has 0 unspecified atom stereocenters. The van der Waals surface area contributed by atoms with Gasteiger partial charge < -0.3 is 5.32 Å². The smallest absolute Gasteiger partial charge is 0.138 e. The van der Waals surface area contributed by atoms with Crippen molar-refractivity contribution in [2.45, 2.75) is 45.4 Å². The van der Waals surface area contributed by atoms with E-state index in [2.05, 4.69) is 29.1 Å². The van der Waals surface area contributed by atoms with Crippen LogP contribution in [0, 0.1) is 5.92 Å². The minimum atomic E-state index is 0.342. The van der Waals surface area contributed by atoms with Crippen molar-refractivity contribution in [1.29, 1.82) is 0 Å². The quantitative estimate of drug-likeness (QED) is 0.618. The van der Waals surface area contributed by atoms with E-state index in [4.69, 9.17) is 11.6 Å². The number of rotatable bonds is 6. The molecule has 94 valence electrons. The topological polar surface area (TPSA) is 37.8 Å². The second-order valence-electron chi connectivity index (χ2n) is 5.09. The van der Waals surface area contributed by atoms with Gasteiger partial charge >= 0.3 is 0 Å². The molecule has 0 saturated heterocycles. The second-order valence-corrected chi connectivity index (χ2v) is 5.45. The van der Waals surface area contributed by atoms with Crippen LogP contribution >= 0.6 is 11.6 Å². The fourth-order valence-electron chi connectivity index (χ4n) is 2.03. The highest BCUT2D eigenvalue weighted by Gasteiger charge is 2.20. The Balaban J connectivity index is 1.91. The molecule has 1 N–H and O–H groups in total. The molecule has 0 aliphatic heterocycles. The lowest BCUT2D eigenvalue weighted by atomic mass is 10.1. The summed E-state index contributed by atoms with van der Waals surface area (Å²) in [6.07, 6.45) is 6.93. The molecule has 17 heavy (non-hydrogen) atoms. The van der Waals surface area contributed by atoms with Crippen LogP contribution in [0.15, 0.2) is 6.33 Å². The van der Waals surface area contributed by atoms with Gasteiger partial charge in [-0.1, -0.05) is 38.3 Å². The van der Waals surface area contributed by atoms with Crippen LogP contribution in [0.3, 0.4) is 0 Å². The molecule has 3 nitrogen and oxygen atoms in total. The Morgan fingerprint density at radius 2 is 2.18 bits per heavy atom. The highest BCUT2D eigenvalue weighted by Crippen LogP contribution is 2.33. The molecule has 0 amide bonds. The van der Waals surface area contributed by atoms with Gasteiger partial charge in [-0.3, -0.25) is 0 Å². The first-order valence-electron chi connectivity index (χ1n) is 6.42. The SMILES string of the molecule is CC(C)c1c(Cl)ncnc1NCCCC1CC1. The van der Waals surface area contributed by atoms with E-state index in [0.717, 1.165) is 23.8 Å². The third-order valence-corrected chi connectivity index (χ3v) is 3.49. The predicted molar refractivity (Wildman–Crippen MR) is 71.6 cm³/mol. The monoisotopic (exact) mass is 253 g/mol. The molecule has 0 spiro atoms. The number of nitrogens with zero attached hydrogens (tertiary/aromatic N) is 2. The van der Waals surface area contributed by atoms with E-state index in [-0.39, 0.29) is 0 Å². The number of aromatic nitrogens is 2. The second kappa shape index (κ2) is 5.67. The van der Waals surface area contributed by atoms with Crippen molar-refractivity contribution >= 4 is 17.4 Å². The van der Waals surface area contributed by atoms with Gasteiger partial charge in [0.05, 0.1) is 0 Å². The van der Waals surface area contributed by atoms with Crippen molar-refractivity contribution in [3.63, 3.8) is 0 Å². The van der Waals surface area contributed by atoms with Crippen LogP contribution in [0.25, 0.3) is 0 Å². The van der Waals surface area contributed by atoms with E-state index in [1.807, 2.05) is 0 Å². The van der Waals surface area contributed by atoms with Crippen molar-refractivity contribution in [2.75, 3.05) is 11.9 Å². The molecule has 1 saturated carbocycles. The van der Waals surface area contributed by atoms with Gasteiger partial charge in [-0.2, -0.15) is 0 Å². The van der Waals surface area contributed by atoms with E-state index in [0.29, 0.717) is 11.1 Å². The molecule has 1 aliphatic carbocycles. The average molecular weight is 254 g/mol. The standard InChI is InChI=1S/C13H20ClN3/c1-9(2)11-12(14)16-8-17-13(11)15-7-3-4-10-5-6-10/h8-10H,3-7H2,1-2H3,(H,15,16,17). The lowest BCUT2D eigenvalue weighted by Crippen LogP contribution is -2.08. The van der Waals surface area contributed by atoms with Crippen molar-refractivity contribution in [2.24, 2.45) is 5.92 Å². The number of nitrogens with one attached hydrogen (secondary N) is 1. The zero-order valence-corrected chi connectivity index (χ0v) is 11.3. The fourth-order valence-corrected chi connectivity index (χ4v) is 2.38. The number of hydrogen-bond donors (Lipinski definition) is 1. The maximum absolute atomic E-state index is 6.11. The average Bonchev–Trinajstić information content (AvgIpc) is 3.07. The number of anilines is 1. The zero-order chi connectivity index (χ0) is 12.3. The molecule has 0 bridgehead atoms. The molecule has 1 aliphatic rings. The zero-order valence-electron chi connectivity index (χ0n) is 10.5. The summed E-state index contributed by atoms with van der Waals surface area (Å²) in [7, 11) is 0. The minimum Gasteiger partial charge on any atom is -0.370 e. The lowest BCUT2D eigenvalue weighted by molar-refractivity contribution is 0.685. The summed E-state index contributed by atoms with van der Waals surface area (Å²) in [6, 6.07) is 0. The number of hydrogen-bond acceptors (Lipinski definition) is 3. The Bertz CT molecular complexity index is 375. The predicted octanol–water partition coefficient (Wildman–Crippen LogP) is 3.86. The summed E-state index contributed by atoms with van der Waals surface area (Å²) in [5, 5.41) is 3.95. The highest BCUT2D eigenvalue weighted by atomic mass is 35.5. The Morgan fingerprint density at radius 3 is 2.82 bits per heavy atom. The van der Waals surface area contributed by atoms with Crippen LogP contribution in [0.2, 0.25) is 5.15 Å². The maximum Gasteiger partial charge on any atom is 0.138 e. The summed E-state index contributed by atoms with van der Waals surface area (Å²) in [5.41, 5.74) is 1.03. The molecule has 0 radical (unpaired) electrons. The van der Waals surface area contributed by atoms with Crippen molar-refractivity contribution < 1.29 is 0 Å².